The molecule has 0 aliphatic carbocycles. The van der Waals surface area contributed by atoms with E-state index in [0.717, 1.165) is 4.31 Å². The van der Waals surface area contributed by atoms with Crippen molar-refractivity contribution in [2.45, 2.75) is 30.4 Å². The molecule has 1 aliphatic rings. The highest BCUT2D eigenvalue weighted by molar-refractivity contribution is 7.89. The Balaban J connectivity index is 1.57. The minimum Gasteiger partial charge on any atom is -0.497 e. The summed E-state index contributed by atoms with van der Waals surface area (Å²) in [6, 6.07) is 15.1. The standard InChI is InChI=1S/C31H37N3O9S/c1-5-18-42-31(37)27-20-23(29-22(2)32(3)34(30(29)36)24-9-7-6-8-10-24)21-28(43-27)41-19-16-33(15-17-35)44(38,39)26-13-11-25(40-4)12-14-26/h5-14,20,23,28,35H,1,15-19,21H2,2-4H3/t23-,28+/m0/s1. The van der Waals surface area contributed by atoms with E-state index in [1.165, 1.54) is 37.5 Å². The maximum absolute atomic E-state index is 13.7. The SMILES string of the molecule is C=CCOC(=O)C1=C[C@H](c2c(C)n(C)n(-c3ccccc3)c2=O)C[C@H](OCCN(CCO)S(=O)(=O)c2ccc(OC)cc2)O1. The van der Waals surface area contributed by atoms with Crippen LogP contribution in [-0.2, 0) is 36.1 Å². The van der Waals surface area contributed by atoms with Crippen molar-refractivity contribution in [2.24, 2.45) is 7.05 Å². The first kappa shape index (κ1) is 32.7. The number of nitrogens with zero attached hydrogens (tertiary/aromatic N) is 3. The number of esters is 1. The molecule has 12 nitrogen and oxygen atoms in total. The Morgan fingerprint density at radius 3 is 2.50 bits per heavy atom. The highest BCUT2D eigenvalue weighted by Gasteiger charge is 2.34. The van der Waals surface area contributed by atoms with E-state index in [4.69, 9.17) is 18.9 Å². The Labute approximate surface area is 256 Å². The van der Waals surface area contributed by atoms with Crippen LogP contribution < -0.4 is 10.3 Å². The van der Waals surface area contributed by atoms with E-state index in [2.05, 4.69) is 6.58 Å². The average Bonchev–Trinajstić information content (AvgIpc) is 3.26. The van der Waals surface area contributed by atoms with E-state index < -0.39 is 34.8 Å². The zero-order chi connectivity index (χ0) is 31.9. The van der Waals surface area contributed by atoms with Crippen molar-refractivity contribution in [1.29, 1.82) is 0 Å². The molecule has 2 heterocycles. The van der Waals surface area contributed by atoms with Gasteiger partial charge in [-0.15, -0.1) is 0 Å². The number of allylic oxidation sites excluding steroid dienone is 1. The molecule has 2 aromatic carbocycles. The molecule has 13 heteroatoms. The molecule has 0 bridgehead atoms. The van der Waals surface area contributed by atoms with Crippen LogP contribution in [0.25, 0.3) is 5.69 Å². The van der Waals surface area contributed by atoms with Crippen LogP contribution in [0.3, 0.4) is 0 Å². The number of hydrogen-bond donors (Lipinski definition) is 1. The zero-order valence-corrected chi connectivity index (χ0v) is 25.7. The molecule has 0 amide bonds. The van der Waals surface area contributed by atoms with Crippen LogP contribution in [0, 0.1) is 6.92 Å². The largest absolute Gasteiger partial charge is 0.497 e. The van der Waals surface area contributed by atoms with Crippen molar-refractivity contribution in [3.05, 3.63) is 101 Å². The Bertz CT molecular complexity index is 1640. The number of carbonyl (C=O) groups excluding carboxylic acids is 1. The molecular formula is C31H37N3O9S. The van der Waals surface area contributed by atoms with E-state index in [0.29, 0.717) is 22.7 Å². The van der Waals surface area contributed by atoms with Crippen LogP contribution in [0.15, 0.2) is 88.8 Å². The number of methoxy groups -OCH3 is 1. The number of aliphatic hydroxyl groups excluding tert-OH is 1. The highest BCUT2D eigenvalue weighted by atomic mass is 32.2. The van der Waals surface area contributed by atoms with Gasteiger partial charge in [0.1, 0.15) is 12.4 Å². The number of aromatic nitrogens is 2. The number of aliphatic hydroxyl groups is 1. The van der Waals surface area contributed by atoms with Crippen molar-refractivity contribution < 1.29 is 37.3 Å². The van der Waals surface area contributed by atoms with Gasteiger partial charge in [0, 0.05) is 43.7 Å². The molecule has 2 atom stereocenters. The smallest absolute Gasteiger partial charge is 0.373 e. The number of benzene rings is 2. The molecule has 4 rings (SSSR count). The molecule has 236 valence electrons. The second-order valence-electron chi connectivity index (χ2n) is 9.96. The number of rotatable bonds is 14. The second kappa shape index (κ2) is 14.5. The number of sulfonamides is 1. The molecule has 3 aromatic rings. The average molecular weight is 628 g/mol. The van der Waals surface area contributed by atoms with Crippen LogP contribution in [-0.4, -0.2) is 79.5 Å². The molecule has 44 heavy (non-hydrogen) atoms. The summed E-state index contributed by atoms with van der Waals surface area (Å²) < 4.78 is 53.0. The monoisotopic (exact) mass is 627 g/mol. The lowest BCUT2D eigenvalue weighted by atomic mass is 9.93. The van der Waals surface area contributed by atoms with Crippen LogP contribution >= 0.6 is 0 Å². The van der Waals surface area contributed by atoms with Crippen molar-refractivity contribution in [1.82, 2.24) is 13.7 Å². The first-order valence-corrected chi connectivity index (χ1v) is 15.4. The van der Waals surface area contributed by atoms with Crippen LogP contribution in [0.1, 0.15) is 23.6 Å². The molecule has 1 N–H and O–H groups in total. The van der Waals surface area contributed by atoms with Gasteiger partial charge in [-0.3, -0.25) is 9.48 Å². The molecule has 0 fully saturated rings. The second-order valence-corrected chi connectivity index (χ2v) is 11.9. The maximum Gasteiger partial charge on any atom is 0.373 e. The Hall–Kier alpha value is -4.17. The fraction of sp³-hybridized carbons (Fsp3) is 0.355. The van der Waals surface area contributed by atoms with Gasteiger partial charge in [-0.25, -0.2) is 17.9 Å². The topological polar surface area (TPSA) is 139 Å². The van der Waals surface area contributed by atoms with Crippen LogP contribution in [0.4, 0.5) is 0 Å². The van der Waals surface area contributed by atoms with Gasteiger partial charge in [0.2, 0.25) is 22.1 Å². The van der Waals surface area contributed by atoms with Crippen molar-refractivity contribution in [3.63, 3.8) is 0 Å². The molecule has 0 spiro atoms. The summed E-state index contributed by atoms with van der Waals surface area (Å²) >= 11 is 0. The molecular weight excluding hydrogens is 590 g/mol. The predicted octanol–water partition coefficient (Wildman–Crippen LogP) is 2.64. The minimum atomic E-state index is -3.96. The van der Waals surface area contributed by atoms with Gasteiger partial charge in [0.25, 0.3) is 5.56 Å². The zero-order valence-electron chi connectivity index (χ0n) is 24.9. The first-order chi connectivity index (χ1) is 21.1. The van der Waals surface area contributed by atoms with Gasteiger partial charge in [-0.05, 0) is 49.4 Å². The van der Waals surface area contributed by atoms with E-state index in [-0.39, 0.29) is 48.9 Å². The molecule has 0 saturated heterocycles. The number of hydrogen-bond acceptors (Lipinski definition) is 9. The molecule has 1 aromatic heterocycles. The summed E-state index contributed by atoms with van der Waals surface area (Å²) in [6.45, 7) is 4.55. The molecule has 0 saturated carbocycles. The minimum absolute atomic E-state index is 0.0326. The number of carbonyl (C=O) groups is 1. The lowest BCUT2D eigenvalue weighted by molar-refractivity contribution is -0.160. The first-order valence-electron chi connectivity index (χ1n) is 14.0. The van der Waals surface area contributed by atoms with E-state index in [9.17, 15) is 23.1 Å². The van der Waals surface area contributed by atoms with Gasteiger partial charge in [0.15, 0.2) is 0 Å². The van der Waals surface area contributed by atoms with Gasteiger partial charge in [0.05, 0.1) is 30.9 Å². The number of para-hydroxylation sites is 1. The third-order valence-electron chi connectivity index (χ3n) is 7.25. The van der Waals surface area contributed by atoms with Crippen LogP contribution in [0.2, 0.25) is 0 Å². The highest BCUT2D eigenvalue weighted by Crippen LogP contribution is 2.32. The molecule has 1 aliphatic heterocycles. The van der Waals surface area contributed by atoms with E-state index in [1.54, 1.807) is 22.5 Å². The summed E-state index contributed by atoms with van der Waals surface area (Å²) in [4.78, 5) is 26.6. The molecule has 0 unspecified atom stereocenters. The fourth-order valence-corrected chi connectivity index (χ4v) is 6.39. The van der Waals surface area contributed by atoms with E-state index >= 15 is 0 Å². The Morgan fingerprint density at radius 1 is 1.16 bits per heavy atom. The van der Waals surface area contributed by atoms with Crippen molar-refractivity contribution in [2.75, 3.05) is 40.0 Å². The molecule has 0 radical (unpaired) electrons. The summed E-state index contributed by atoms with van der Waals surface area (Å²) in [5, 5.41) is 9.57. The summed E-state index contributed by atoms with van der Waals surface area (Å²) in [5.41, 5.74) is 1.59. The quantitative estimate of drug-likeness (QED) is 0.211. The maximum atomic E-state index is 13.7. The van der Waals surface area contributed by atoms with Crippen molar-refractivity contribution >= 4 is 16.0 Å². The number of ether oxygens (including phenoxy) is 4. The summed E-state index contributed by atoms with van der Waals surface area (Å²) in [7, 11) is -0.703. The Morgan fingerprint density at radius 2 is 1.86 bits per heavy atom. The third-order valence-corrected chi connectivity index (χ3v) is 9.16. The Kier molecular flexibility index (Phi) is 10.8. The lowest BCUT2D eigenvalue weighted by Gasteiger charge is -2.29. The van der Waals surface area contributed by atoms with Gasteiger partial charge < -0.3 is 24.1 Å². The summed E-state index contributed by atoms with van der Waals surface area (Å²) in [6.07, 6.45) is 2.15. The van der Waals surface area contributed by atoms with Gasteiger partial charge >= 0.3 is 5.97 Å². The lowest BCUT2D eigenvalue weighted by Crippen LogP contribution is -2.38. The van der Waals surface area contributed by atoms with Gasteiger partial charge in [-0.2, -0.15) is 4.31 Å². The van der Waals surface area contributed by atoms with Gasteiger partial charge in [-0.1, -0.05) is 30.9 Å². The fourth-order valence-electron chi connectivity index (χ4n) is 4.97. The van der Waals surface area contributed by atoms with E-state index in [1.807, 2.05) is 37.3 Å². The normalized spacial score (nSPS) is 16.7. The van der Waals surface area contributed by atoms with Crippen molar-refractivity contribution in [3.8, 4) is 11.4 Å². The van der Waals surface area contributed by atoms with Crippen LogP contribution in [0.5, 0.6) is 5.75 Å². The summed E-state index contributed by atoms with van der Waals surface area (Å²) in [5.74, 6) is -0.936. The predicted molar refractivity (Wildman–Crippen MR) is 162 cm³/mol. The third kappa shape index (κ3) is 7.13.